The Morgan fingerprint density at radius 3 is 2.93 bits per heavy atom. The number of nitrogens with two attached hydrogens (primary N) is 1. The second-order valence-corrected chi connectivity index (χ2v) is 3.52. The number of carbonyl (C=O) groups is 2. The molecule has 0 atom stereocenters. The monoisotopic (exact) mass is 230 g/mol. The summed E-state index contributed by atoms with van der Waals surface area (Å²) in [5.74, 6) is 4.47. The molecule has 0 saturated heterocycles. The molecule has 7 nitrogen and oxygen atoms in total. The van der Waals surface area contributed by atoms with Gasteiger partial charge in [-0.05, 0) is 0 Å². The number of nitrogens with zero attached hydrogens (tertiary/aromatic N) is 1. The summed E-state index contributed by atoms with van der Waals surface area (Å²) in [6.07, 6.45) is -0.624. The number of hydrogen-bond acceptors (Lipinski definition) is 5. The summed E-state index contributed by atoms with van der Waals surface area (Å²) in [4.78, 5) is 25.1. The third kappa shape index (κ3) is 3.52. The highest BCUT2D eigenvalue weighted by atomic mass is 32.1. The summed E-state index contributed by atoms with van der Waals surface area (Å²) in [6.45, 7) is 0.270. The average molecular weight is 230 g/mol. The fraction of sp³-hybridized carbons (Fsp3) is 0.286. The lowest BCUT2D eigenvalue weighted by Gasteiger charge is -1.96. The van der Waals surface area contributed by atoms with E-state index in [1.807, 2.05) is 5.43 Å². The van der Waals surface area contributed by atoms with Gasteiger partial charge in [-0.25, -0.2) is 15.6 Å². The molecule has 8 heteroatoms. The number of amides is 2. The van der Waals surface area contributed by atoms with Gasteiger partial charge < -0.3 is 10.4 Å². The number of carbonyl (C=O) groups excluding carboxylic acids is 1. The van der Waals surface area contributed by atoms with E-state index in [1.165, 1.54) is 11.3 Å². The van der Waals surface area contributed by atoms with Crippen molar-refractivity contribution in [3.8, 4) is 0 Å². The number of carboxylic acid groups (broad SMARTS) is 1. The molecule has 5 N–H and O–H groups in total. The van der Waals surface area contributed by atoms with Crippen LogP contribution in [0.3, 0.4) is 0 Å². The van der Waals surface area contributed by atoms with E-state index >= 15 is 0 Å². The van der Waals surface area contributed by atoms with Gasteiger partial charge in [-0.3, -0.25) is 10.2 Å². The van der Waals surface area contributed by atoms with Gasteiger partial charge in [-0.2, -0.15) is 0 Å². The lowest BCUT2D eigenvalue weighted by molar-refractivity contribution is 0.0949. The highest BCUT2D eigenvalue weighted by molar-refractivity contribution is 7.09. The minimum atomic E-state index is -1.08. The normalized spacial score (nSPS) is 9.67. The Morgan fingerprint density at radius 2 is 2.33 bits per heavy atom. The molecule has 1 aromatic heterocycles. The van der Waals surface area contributed by atoms with Gasteiger partial charge in [-0.15, -0.1) is 11.3 Å². The number of hydrazine groups is 1. The lowest BCUT2D eigenvalue weighted by atomic mass is 10.4. The first kappa shape index (κ1) is 11.4. The number of aromatic nitrogens is 1. The van der Waals surface area contributed by atoms with Crippen LogP contribution < -0.4 is 16.6 Å². The molecule has 0 aromatic carbocycles. The quantitative estimate of drug-likeness (QED) is 0.317. The zero-order valence-electron chi connectivity index (χ0n) is 7.69. The smallest absolute Gasteiger partial charge is 0.404 e. The molecule has 0 unspecified atom stereocenters. The topological polar surface area (TPSA) is 117 Å². The molecule has 0 spiro atoms. The minimum Gasteiger partial charge on any atom is -0.465 e. The van der Waals surface area contributed by atoms with E-state index in [4.69, 9.17) is 10.9 Å². The van der Waals surface area contributed by atoms with E-state index < -0.39 is 12.0 Å². The molecule has 0 radical (unpaired) electrons. The maximum absolute atomic E-state index is 11.0. The Kier molecular flexibility index (Phi) is 4.01. The Bertz CT molecular complexity index is 365. The second-order valence-electron chi connectivity index (χ2n) is 2.58. The van der Waals surface area contributed by atoms with Crippen molar-refractivity contribution >= 4 is 23.3 Å². The summed E-state index contributed by atoms with van der Waals surface area (Å²) in [7, 11) is 0. The number of nitrogen functional groups attached to an aromatic ring is 1. The SMILES string of the molecule is NNC(=O)c1csc(CCNC(=O)O)n1. The van der Waals surface area contributed by atoms with E-state index in [2.05, 4.69) is 10.3 Å². The van der Waals surface area contributed by atoms with Crippen LogP contribution in [0.25, 0.3) is 0 Å². The summed E-state index contributed by atoms with van der Waals surface area (Å²) in [5, 5.41) is 12.8. The third-order valence-corrected chi connectivity index (χ3v) is 2.44. The highest BCUT2D eigenvalue weighted by Gasteiger charge is 2.08. The fourth-order valence-corrected chi connectivity index (χ4v) is 1.66. The Hall–Kier alpha value is -1.67. The van der Waals surface area contributed by atoms with Crippen molar-refractivity contribution in [3.63, 3.8) is 0 Å². The molecule has 2 amide bonds. The predicted octanol–water partition coefficient (Wildman–Crippen LogP) is -0.443. The minimum absolute atomic E-state index is 0.243. The largest absolute Gasteiger partial charge is 0.465 e. The van der Waals surface area contributed by atoms with Crippen molar-refractivity contribution in [2.24, 2.45) is 5.84 Å². The van der Waals surface area contributed by atoms with Crippen LogP contribution in [0.4, 0.5) is 4.79 Å². The molecule has 82 valence electrons. The number of thiazole rings is 1. The van der Waals surface area contributed by atoms with Crippen LogP contribution in [0.1, 0.15) is 15.5 Å². The van der Waals surface area contributed by atoms with E-state index in [0.29, 0.717) is 11.4 Å². The molecule has 1 aromatic rings. The van der Waals surface area contributed by atoms with E-state index in [0.717, 1.165) is 0 Å². The van der Waals surface area contributed by atoms with Crippen LogP contribution in [-0.2, 0) is 6.42 Å². The predicted molar refractivity (Wildman–Crippen MR) is 53.5 cm³/mol. The fourth-order valence-electron chi connectivity index (χ4n) is 0.880. The molecular formula is C7H10N4O3S. The van der Waals surface area contributed by atoms with Gasteiger partial charge in [0.15, 0.2) is 0 Å². The zero-order valence-corrected chi connectivity index (χ0v) is 8.50. The van der Waals surface area contributed by atoms with Crippen LogP contribution in [0.2, 0.25) is 0 Å². The number of nitrogens with one attached hydrogen (secondary N) is 2. The third-order valence-electron chi connectivity index (χ3n) is 1.53. The Labute approximate surface area is 89.3 Å². The van der Waals surface area contributed by atoms with Crippen molar-refractivity contribution in [1.29, 1.82) is 0 Å². The Morgan fingerprint density at radius 1 is 1.60 bits per heavy atom. The highest BCUT2D eigenvalue weighted by Crippen LogP contribution is 2.09. The van der Waals surface area contributed by atoms with Gasteiger partial charge in [0.05, 0.1) is 5.01 Å². The van der Waals surface area contributed by atoms with Gasteiger partial charge in [0, 0.05) is 18.3 Å². The molecule has 0 aliphatic heterocycles. The zero-order chi connectivity index (χ0) is 11.3. The summed E-state index contributed by atoms with van der Waals surface area (Å²) < 4.78 is 0. The van der Waals surface area contributed by atoms with Crippen molar-refractivity contribution in [2.45, 2.75) is 6.42 Å². The molecule has 15 heavy (non-hydrogen) atoms. The van der Waals surface area contributed by atoms with Gasteiger partial charge in [0.25, 0.3) is 5.91 Å². The molecule has 0 aliphatic rings. The van der Waals surface area contributed by atoms with Crippen molar-refractivity contribution in [2.75, 3.05) is 6.54 Å². The van der Waals surface area contributed by atoms with E-state index in [9.17, 15) is 9.59 Å². The molecular weight excluding hydrogens is 220 g/mol. The molecule has 0 aliphatic carbocycles. The van der Waals surface area contributed by atoms with Crippen LogP contribution >= 0.6 is 11.3 Å². The van der Waals surface area contributed by atoms with E-state index in [-0.39, 0.29) is 12.2 Å². The first-order valence-electron chi connectivity index (χ1n) is 4.05. The van der Waals surface area contributed by atoms with Crippen LogP contribution in [0.15, 0.2) is 5.38 Å². The molecule has 1 rings (SSSR count). The van der Waals surface area contributed by atoms with Crippen LogP contribution in [0.5, 0.6) is 0 Å². The summed E-state index contributed by atoms with van der Waals surface area (Å²) >= 11 is 1.28. The van der Waals surface area contributed by atoms with Gasteiger partial charge in [0.2, 0.25) is 0 Å². The average Bonchev–Trinajstić information content (AvgIpc) is 2.65. The first-order valence-corrected chi connectivity index (χ1v) is 4.93. The maximum atomic E-state index is 11.0. The van der Waals surface area contributed by atoms with Gasteiger partial charge in [0.1, 0.15) is 5.69 Å². The van der Waals surface area contributed by atoms with Crippen molar-refractivity contribution < 1.29 is 14.7 Å². The summed E-state index contributed by atoms with van der Waals surface area (Å²) in [5.41, 5.74) is 2.21. The number of rotatable bonds is 4. The molecule has 1 heterocycles. The second kappa shape index (κ2) is 5.27. The van der Waals surface area contributed by atoms with Gasteiger partial charge in [-0.1, -0.05) is 0 Å². The van der Waals surface area contributed by atoms with Crippen LogP contribution in [-0.4, -0.2) is 28.6 Å². The molecule has 0 fully saturated rings. The lowest BCUT2D eigenvalue weighted by Crippen LogP contribution is -2.30. The Balaban J connectivity index is 2.46. The van der Waals surface area contributed by atoms with E-state index in [1.54, 1.807) is 5.38 Å². The molecule has 0 bridgehead atoms. The molecule has 0 saturated carbocycles. The first-order chi connectivity index (χ1) is 7.13. The standard InChI is InChI=1S/C7H10N4O3S/c8-11-6(12)4-3-15-5(10-4)1-2-9-7(13)14/h3,9H,1-2,8H2,(H,11,12)(H,13,14). The van der Waals surface area contributed by atoms with Crippen molar-refractivity contribution in [1.82, 2.24) is 15.7 Å². The van der Waals surface area contributed by atoms with Gasteiger partial charge >= 0.3 is 6.09 Å². The maximum Gasteiger partial charge on any atom is 0.404 e. The van der Waals surface area contributed by atoms with Crippen LogP contribution in [0, 0.1) is 0 Å². The number of hydrogen-bond donors (Lipinski definition) is 4. The van der Waals surface area contributed by atoms with Crippen molar-refractivity contribution in [3.05, 3.63) is 16.1 Å². The summed E-state index contributed by atoms with van der Waals surface area (Å²) in [6, 6.07) is 0.